The maximum Gasteiger partial charge on any atom is 0.221 e. The van der Waals surface area contributed by atoms with Gasteiger partial charge in [0, 0.05) is 39.0 Å². The predicted molar refractivity (Wildman–Crippen MR) is 137 cm³/mol. The van der Waals surface area contributed by atoms with Gasteiger partial charge in [0.2, 0.25) is 11.9 Å². The first-order chi connectivity index (χ1) is 14.7. The second kappa shape index (κ2) is 17.2. The van der Waals surface area contributed by atoms with E-state index in [9.17, 15) is 0 Å². The van der Waals surface area contributed by atoms with Crippen molar-refractivity contribution in [3.8, 4) is 24.7 Å². The van der Waals surface area contributed by atoms with E-state index in [1.54, 1.807) is 9.80 Å². The molecule has 0 aliphatic rings. The molecule has 2 unspecified atom stereocenters. The zero-order valence-corrected chi connectivity index (χ0v) is 20.1. The summed E-state index contributed by atoms with van der Waals surface area (Å²) in [5.74, 6) is 5.25. The first-order valence-corrected chi connectivity index (χ1v) is 12.9. The molecule has 0 bridgehead atoms. The van der Waals surface area contributed by atoms with Gasteiger partial charge in [0.15, 0.2) is 11.9 Å². The Balaban J connectivity index is 5.15. The van der Waals surface area contributed by atoms with E-state index in [2.05, 4.69) is 30.8 Å². The number of terminal acetylenes is 2. The Kier molecular flexibility index (Phi) is 15.8. The van der Waals surface area contributed by atoms with Crippen LogP contribution in [0.5, 0.6) is 0 Å². The maximum absolute atomic E-state index is 8.12. The van der Waals surface area contributed by atoms with Gasteiger partial charge in [0.05, 0.1) is 0 Å². The molecule has 10 nitrogen and oxygen atoms in total. The lowest BCUT2D eigenvalue weighted by atomic mass is 9.97. The number of hydrogen-bond donors (Lipinski definition) is 6. The van der Waals surface area contributed by atoms with Crippen molar-refractivity contribution in [2.75, 3.05) is 32.3 Å². The lowest BCUT2D eigenvalue weighted by Crippen LogP contribution is -2.36. The fraction of sp³-hybridized carbons (Fsp3) is 0.579. The largest absolute Gasteiger partial charge is 0.370 e. The van der Waals surface area contributed by atoms with Gasteiger partial charge in [-0.2, -0.15) is 9.98 Å². The lowest BCUT2D eigenvalue weighted by Gasteiger charge is -2.27. The molecule has 0 aromatic rings. The van der Waals surface area contributed by atoms with E-state index in [1.165, 1.54) is 0 Å². The van der Waals surface area contributed by atoms with E-state index in [0.717, 1.165) is 33.7 Å². The standard InChI is InChI=1S/C19H36N10P2/c1-3-5-10-28(18(24)26-16(20)21)12-7-15(9-14-31-30)8-13-29(11-6-4-2)19(25)27-17(22)23/h1-2,15,31H,5-14,30H2,(H5,20,21,24,26)(H5,22,23,25,27). The minimum absolute atomic E-state index is 0.00658. The van der Waals surface area contributed by atoms with Crippen LogP contribution in [0.25, 0.3) is 0 Å². The summed E-state index contributed by atoms with van der Waals surface area (Å²) in [6, 6.07) is 0. The topological polar surface area (TPSA) is 183 Å². The molecule has 0 fully saturated rings. The number of rotatable bonds is 13. The first-order valence-electron chi connectivity index (χ1n) is 9.91. The smallest absolute Gasteiger partial charge is 0.221 e. The van der Waals surface area contributed by atoms with Crippen LogP contribution in [0.15, 0.2) is 9.98 Å². The molecule has 0 saturated heterocycles. The van der Waals surface area contributed by atoms with Gasteiger partial charge in [-0.05, 0) is 31.3 Å². The summed E-state index contributed by atoms with van der Waals surface area (Å²) in [5, 5.41) is 16.2. The van der Waals surface area contributed by atoms with Crippen LogP contribution in [-0.2, 0) is 0 Å². The number of nitrogens with zero attached hydrogens (tertiary/aromatic N) is 4. The quantitative estimate of drug-likeness (QED) is 0.0982. The Morgan fingerprint density at radius 1 is 0.839 bits per heavy atom. The highest BCUT2D eigenvalue weighted by Crippen LogP contribution is 2.26. The summed E-state index contributed by atoms with van der Waals surface area (Å²) < 4.78 is 0. The Bertz CT molecular complexity index is 643. The van der Waals surface area contributed by atoms with Crippen LogP contribution in [0.2, 0.25) is 0 Å². The average Bonchev–Trinajstić information content (AvgIpc) is 2.69. The van der Waals surface area contributed by atoms with Crippen LogP contribution in [0, 0.1) is 41.4 Å². The van der Waals surface area contributed by atoms with Crippen LogP contribution in [0.1, 0.15) is 32.1 Å². The third-order valence-corrected chi connectivity index (χ3v) is 5.88. The third kappa shape index (κ3) is 14.2. The molecule has 31 heavy (non-hydrogen) atoms. The third-order valence-electron chi connectivity index (χ3n) is 4.43. The minimum Gasteiger partial charge on any atom is -0.370 e. The molecular weight excluding hydrogens is 430 g/mol. The summed E-state index contributed by atoms with van der Waals surface area (Å²) in [7, 11) is 3.55. The van der Waals surface area contributed by atoms with Gasteiger partial charge in [-0.15, -0.1) is 41.9 Å². The second-order valence-electron chi connectivity index (χ2n) is 6.79. The Morgan fingerprint density at radius 2 is 1.26 bits per heavy atom. The summed E-state index contributed by atoms with van der Waals surface area (Å²) in [6.45, 7) is 2.23. The average molecular weight is 467 g/mol. The van der Waals surface area contributed by atoms with Crippen molar-refractivity contribution in [2.45, 2.75) is 32.1 Å². The molecule has 12 heteroatoms. The molecule has 0 rings (SSSR count). The molecule has 2 atom stereocenters. The van der Waals surface area contributed by atoms with Gasteiger partial charge in [0.1, 0.15) is 0 Å². The number of aliphatic imine (C=N–C) groups is 2. The van der Waals surface area contributed by atoms with E-state index in [1.807, 2.05) is 0 Å². The van der Waals surface area contributed by atoms with Crippen LogP contribution in [0.4, 0.5) is 0 Å². The zero-order chi connectivity index (χ0) is 23.6. The van der Waals surface area contributed by atoms with Crippen molar-refractivity contribution in [2.24, 2.45) is 38.8 Å². The summed E-state index contributed by atoms with van der Waals surface area (Å²) in [4.78, 5) is 11.3. The van der Waals surface area contributed by atoms with E-state index in [4.69, 9.17) is 46.6 Å². The van der Waals surface area contributed by atoms with Gasteiger partial charge >= 0.3 is 0 Å². The maximum atomic E-state index is 8.12. The van der Waals surface area contributed by atoms with Crippen molar-refractivity contribution in [3.63, 3.8) is 0 Å². The molecule has 0 heterocycles. The van der Waals surface area contributed by atoms with Crippen molar-refractivity contribution < 1.29 is 0 Å². The molecular formula is C19H36N10P2. The van der Waals surface area contributed by atoms with Crippen molar-refractivity contribution >= 4 is 41.0 Å². The molecule has 0 amide bonds. The van der Waals surface area contributed by atoms with Gasteiger partial charge < -0.3 is 32.7 Å². The summed E-state index contributed by atoms with van der Waals surface area (Å²) in [6.07, 6.45) is 15.5. The SMILES string of the molecule is C#CCCN(CCC(CCPP)CCN(CCC#C)C(=N)N=C(N)N)C(=N)N=C(N)N. The Labute approximate surface area is 189 Å². The normalized spacial score (nSPS) is 11.2. The molecule has 0 aromatic carbocycles. The predicted octanol–water partition coefficient (Wildman–Crippen LogP) is 0.308. The number of nitrogens with one attached hydrogen (secondary N) is 2. The Morgan fingerprint density at radius 3 is 1.58 bits per heavy atom. The van der Waals surface area contributed by atoms with Crippen molar-refractivity contribution in [1.29, 1.82) is 10.8 Å². The van der Waals surface area contributed by atoms with E-state index in [-0.39, 0.29) is 23.8 Å². The highest BCUT2D eigenvalue weighted by atomic mass is 32.0. The monoisotopic (exact) mass is 466 g/mol. The number of guanidine groups is 4. The zero-order valence-electron chi connectivity index (χ0n) is 18.0. The highest BCUT2D eigenvalue weighted by Gasteiger charge is 2.17. The van der Waals surface area contributed by atoms with Gasteiger partial charge in [-0.3, -0.25) is 10.8 Å². The number of nitrogens with two attached hydrogens (primary N) is 4. The molecule has 0 aromatic heterocycles. The van der Waals surface area contributed by atoms with Gasteiger partial charge in [-0.1, -0.05) is 0 Å². The van der Waals surface area contributed by atoms with Crippen molar-refractivity contribution in [3.05, 3.63) is 0 Å². The molecule has 0 aliphatic carbocycles. The fourth-order valence-electron chi connectivity index (χ4n) is 2.83. The summed E-state index contributed by atoms with van der Waals surface area (Å²) >= 11 is 0. The lowest BCUT2D eigenvalue weighted by molar-refractivity contribution is 0.311. The molecule has 0 aliphatic heterocycles. The second-order valence-corrected chi connectivity index (χ2v) is 8.92. The molecule has 10 N–H and O–H groups in total. The Hall–Kier alpha value is -2.54. The number of hydrogen-bond acceptors (Lipinski definition) is 2. The molecule has 172 valence electrons. The molecule has 0 saturated carbocycles. The highest BCUT2D eigenvalue weighted by molar-refractivity contribution is 8.02. The van der Waals surface area contributed by atoms with Gasteiger partial charge in [-0.25, -0.2) is 0 Å². The van der Waals surface area contributed by atoms with E-state index >= 15 is 0 Å². The van der Waals surface area contributed by atoms with Gasteiger partial charge in [0.25, 0.3) is 0 Å². The van der Waals surface area contributed by atoms with Crippen LogP contribution >= 0.6 is 17.2 Å². The van der Waals surface area contributed by atoms with E-state index in [0.29, 0.717) is 44.9 Å². The molecule has 0 radical (unpaired) electrons. The van der Waals surface area contributed by atoms with Crippen LogP contribution in [-0.4, -0.2) is 66.0 Å². The minimum atomic E-state index is -0.154. The van der Waals surface area contributed by atoms with E-state index < -0.39 is 0 Å². The molecule has 0 spiro atoms. The fourth-order valence-corrected chi connectivity index (χ4v) is 3.90. The van der Waals surface area contributed by atoms with Crippen molar-refractivity contribution in [1.82, 2.24) is 9.80 Å². The van der Waals surface area contributed by atoms with Crippen LogP contribution < -0.4 is 22.9 Å². The van der Waals surface area contributed by atoms with Crippen LogP contribution in [0.3, 0.4) is 0 Å². The summed E-state index contributed by atoms with van der Waals surface area (Å²) in [5.41, 5.74) is 21.7. The first kappa shape index (κ1) is 28.5.